The molecular formula is C23H34N6O2. The van der Waals surface area contributed by atoms with Gasteiger partial charge in [-0.1, -0.05) is 24.3 Å². The molecule has 8 heteroatoms. The van der Waals surface area contributed by atoms with Crippen molar-refractivity contribution in [2.24, 2.45) is 0 Å². The Labute approximate surface area is 184 Å². The van der Waals surface area contributed by atoms with Gasteiger partial charge in [-0.05, 0) is 24.6 Å². The van der Waals surface area contributed by atoms with Crippen molar-refractivity contribution < 1.29 is 9.53 Å². The van der Waals surface area contributed by atoms with E-state index in [1.54, 1.807) is 7.11 Å². The van der Waals surface area contributed by atoms with Gasteiger partial charge in [0.25, 0.3) is 0 Å². The zero-order valence-corrected chi connectivity index (χ0v) is 19.0. The molecule has 2 aromatic rings. The number of benzene rings is 1. The van der Waals surface area contributed by atoms with Crippen LogP contribution >= 0.6 is 0 Å². The molecule has 3 rings (SSSR count). The quantitative estimate of drug-likeness (QED) is 0.662. The third kappa shape index (κ3) is 6.38. The van der Waals surface area contributed by atoms with Crippen LogP contribution in [0.25, 0.3) is 6.08 Å². The third-order valence-corrected chi connectivity index (χ3v) is 5.53. The van der Waals surface area contributed by atoms with Crippen molar-refractivity contribution in [3.05, 3.63) is 47.6 Å². The van der Waals surface area contributed by atoms with Gasteiger partial charge in [0, 0.05) is 65.9 Å². The first-order valence-corrected chi connectivity index (χ1v) is 10.8. The first-order chi connectivity index (χ1) is 15.0. The van der Waals surface area contributed by atoms with E-state index in [0.717, 1.165) is 44.2 Å². The van der Waals surface area contributed by atoms with E-state index in [9.17, 15) is 4.79 Å². The Morgan fingerprint density at radius 1 is 1.23 bits per heavy atom. The summed E-state index contributed by atoms with van der Waals surface area (Å²) in [5.74, 6) is 1.77. The number of anilines is 1. The molecule has 8 nitrogen and oxygen atoms in total. The van der Waals surface area contributed by atoms with Crippen LogP contribution in [-0.2, 0) is 22.5 Å². The van der Waals surface area contributed by atoms with Gasteiger partial charge in [-0.2, -0.15) is 0 Å². The monoisotopic (exact) mass is 426 g/mol. The molecule has 0 saturated heterocycles. The van der Waals surface area contributed by atoms with Crippen molar-refractivity contribution >= 4 is 17.7 Å². The molecule has 0 radical (unpaired) electrons. The van der Waals surface area contributed by atoms with E-state index >= 15 is 0 Å². The molecule has 2 heterocycles. The highest BCUT2D eigenvalue weighted by Crippen LogP contribution is 2.16. The molecule has 0 spiro atoms. The minimum Gasteiger partial charge on any atom is -0.384 e. The number of ether oxygens (including phenoxy) is 1. The SMILES string of the molecule is COCCC(=O)N[C@H](C)c1nnc2n1CCN(C/C=C/c1ccc(N(C)C)cc1)CC2. The molecule has 1 aromatic carbocycles. The van der Waals surface area contributed by atoms with Gasteiger partial charge >= 0.3 is 0 Å². The summed E-state index contributed by atoms with van der Waals surface area (Å²) in [5, 5.41) is 11.7. The molecule has 0 aliphatic carbocycles. The van der Waals surface area contributed by atoms with Crippen LogP contribution in [0.5, 0.6) is 0 Å². The van der Waals surface area contributed by atoms with Gasteiger partial charge in [0.2, 0.25) is 5.91 Å². The van der Waals surface area contributed by atoms with Crippen LogP contribution in [0.2, 0.25) is 0 Å². The Bertz CT molecular complexity index is 875. The molecule has 1 atom stereocenters. The van der Waals surface area contributed by atoms with Crippen molar-refractivity contribution in [1.29, 1.82) is 0 Å². The third-order valence-electron chi connectivity index (χ3n) is 5.53. The number of hydrogen-bond acceptors (Lipinski definition) is 6. The molecule has 0 saturated carbocycles. The van der Waals surface area contributed by atoms with Crippen LogP contribution in [0, 0.1) is 0 Å². The number of rotatable bonds is 9. The molecule has 1 aliphatic rings. The highest BCUT2D eigenvalue weighted by atomic mass is 16.5. The summed E-state index contributed by atoms with van der Waals surface area (Å²) in [6, 6.07) is 8.37. The van der Waals surface area contributed by atoms with Gasteiger partial charge in [-0.3, -0.25) is 9.69 Å². The second-order valence-electron chi connectivity index (χ2n) is 8.10. The van der Waals surface area contributed by atoms with Gasteiger partial charge in [-0.15, -0.1) is 10.2 Å². The number of fused-ring (bicyclic) bond motifs is 1. The Hall–Kier alpha value is -2.71. The molecule has 1 amide bonds. The van der Waals surface area contributed by atoms with E-state index in [0.29, 0.717) is 13.0 Å². The molecular weight excluding hydrogens is 392 g/mol. The Morgan fingerprint density at radius 3 is 2.71 bits per heavy atom. The lowest BCUT2D eigenvalue weighted by Gasteiger charge is -2.18. The number of methoxy groups -OCH3 is 1. The predicted octanol–water partition coefficient (Wildman–Crippen LogP) is 2.13. The fourth-order valence-corrected chi connectivity index (χ4v) is 3.69. The smallest absolute Gasteiger partial charge is 0.222 e. The summed E-state index contributed by atoms with van der Waals surface area (Å²) in [7, 11) is 5.69. The number of amides is 1. The topological polar surface area (TPSA) is 75.5 Å². The summed E-state index contributed by atoms with van der Waals surface area (Å²) in [4.78, 5) is 16.5. The van der Waals surface area contributed by atoms with Crippen LogP contribution in [0.15, 0.2) is 30.3 Å². The normalized spacial score (nSPS) is 15.5. The van der Waals surface area contributed by atoms with Gasteiger partial charge in [0.1, 0.15) is 5.82 Å². The van der Waals surface area contributed by atoms with Crippen LogP contribution in [0.3, 0.4) is 0 Å². The van der Waals surface area contributed by atoms with Gasteiger partial charge in [-0.25, -0.2) is 0 Å². The highest BCUT2D eigenvalue weighted by molar-refractivity contribution is 5.76. The van der Waals surface area contributed by atoms with Crippen LogP contribution in [-0.4, -0.2) is 73.0 Å². The lowest BCUT2D eigenvalue weighted by molar-refractivity contribution is -0.122. The Kier molecular flexibility index (Phi) is 8.20. The minimum atomic E-state index is -0.179. The van der Waals surface area contributed by atoms with E-state index in [4.69, 9.17) is 4.74 Å². The van der Waals surface area contributed by atoms with E-state index in [1.807, 2.05) is 21.0 Å². The average Bonchev–Trinajstić information content (AvgIpc) is 3.06. The van der Waals surface area contributed by atoms with Crippen LogP contribution in [0.1, 0.15) is 36.6 Å². The van der Waals surface area contributed by atoms with E-state index in [1.165, 1.54) is 11.3 Å². The van der Waals surface area contributed by atoms with Gasteiger partial charge < -0.3 is 19.5 Å². The van der Waals surface area contributed by atoms with Crippen molar-refractivity contribution in [1.82, 2.24) is 25.0 Å². The maximum Gasteiger partial charge on any atom is 0.222 e. The molecule has 1 aromatic heterocycles. The second-order valence-corrected chi connectivity index (χ2v) is 8.10. The standard InChI is InChI=1S/C23H34N6O2/c1-18(24-22(30)12-17-31-4)23-26-25-21-11-14-28(15-16-29(21)23)13-5-6-19-7-9-20(10-8-19)27(2)3/h5-10,18H,11-17H2,1-4H3,(H,24,30)/b6-5+/t18-/m1/s1. The van der Waals surface area contributed by atoms with Gasteiger partial charge in [0.05, 0.1) is 12.6 Å². The molecule has 168 valence electrons. The zero-order chi connectivity index (χ0) is 22.2. The maximum atomic E-state index is 12.0. The number of carbonyl (C=O) groups is 1. The zero-order valence-electron chi connectivity index (χ0n) is 19.0. The number of aromatic nitrogens is 3. The number of nitrogens with zero attached hydrogens (tertiary/aromatic N) is 5. The van der Waals surface area contributed by atoms with Crippen molar-refractivity contribution in [2.75, 3.05) is 52.3 Å². The van der Waals surface area contributed by atoms with Crippen LogP contribution in [0.4, 0.5) is 5.69 Å². The van der Waals surface area contributed by atoms with Gasteiger partial charge in [0.15, 0.2) is 5.82 Å². The fraction of sp³-hybridized carbons (Fsp3) is 0.522. The van der Waals surface area contributed by atoms with Crippen molar-refractivity contribution in [3.63, 3.8) is 0 Å². The predicted molar refractivity (Wildman–Crippen MR) is 123 cm³/mol. The largest absolute Gasteiger partial charge is 0.384 e. The lowest BCUT2D eigenvalue weighted by atomic mass is 10.2. The van der Waals surface area contributed by atoms with Crippen molar-refractivity contribution in [2.45, 2.75) is 32.4 Å². The fourth-order valence-electron chi connectivity index (χ4n) is 3.69. The van der Waals surface area contributed by atoms with E-state index in [2.05, 4.69) is 66.3 Å². The molecule has 1 aliphatic heterocycles. The van der Waals surface area contributed by atoms with Crippen LogP contribution < -0.4 is 10.2 Å². The molecule has 31 heavy (non-hydrogen) atoms. The maximum absolute atomic E-state index is 12.0. The summed E-state index contributed by atoms with van der Waals surface area (Å²) < 4.78 is 7.13. The van der Waals surface area contributed by atoms with E-state index in [-0.39, 0.29) is 11.9 Å². The summed E-state index contributed by atoms with van der Waals surface area (Å²) >= 11 is 0. The Morgan fingerprint density at radius 2 is 2.00 bits per heavy atom. The first kappa shape index (κ1) is 23.0. The minimum absolute atomic E-state index is 0.0364. The number of carbonyl (C=O) groups excluding carboxylic acids is 1. The lowest BCUT2D eigenvalue weighted by Crippen LogP contribution is -2.30. The average molecular weight is 427 g/mol. The number of hydrogen-bond donors (Lipinski definition) is 1. The Balaban J connectivity index is 1.53. The molecule has 1 N–H and O–H groups in total. The van der Waals surface area contributed by atoms with Crippen molar-refractivity contribution in [3.8, 4) is 0 Å². The first-order valence-electron chi connectivity index (χ1n) is 10.8. The van der Waals surface area contributed by atoms with E-state index < -0.39 is 0 Å². The second kappa shape index (κ2) is 11.1. The summed E-state index contributed by atoms with van der Waals surface area (Å²) in [6.45, 7) is 5.95. The summed E-state index contributed by atoms with van der Waals surface area (Å²) in [6.07, 6.45) is 5.59. The highest BCUT2D eigenvalue weighted by Gasteiger charge is 2.22. The number of nitrogens with one attached hydrogen (secondary N) is 1. The summed E-state index contributed by atoms with van der Waals surface area (Å²) in [5.41, 5.74) is 2.41. The molecule has 0 unspecified atom stereocenters. The molecule has 0 bridgehead atoms. The molecule has 0 fully saturated rings.